The topological polar surface area (TPSA) is 77.8 Å². The van der Waals surface area contributed by atoms with Crippen LogP contribution in [-0.2, 0) is 12.8 Å². The van der Waals surface area contributed by atoms with E-state index in [9.17, 15) is 20.1 Å². The molecule has 0 atom stereocenters. The molecule has 3 N–H and O–H groups in total. The zero-order valence-electron chi connectivity index (χ0n) is 17.1. The van der Waals surface area contributed by atoms with Crippen LogP contribution < -0.4 is 0 Å². The van der Waals surface area contributed by atoms with Crippen molar-refractivity contribution in [3.05, 3.63) is 46.1 Å². The number of carbonyl (C=O) groups is 1. The number of unbranched alkanes of at least 4 members (excludes halogenated alkanes) is 3. The normalized spacial score (nSPS) is 11.5. The Morgan fingerprint density at radius 2 is 1.78 bits per heavy atom. The van der Waals surface area contributed by atoms with Crippen molar-refractivity contribution in [3.63, 3.8) is 0 Å². The highest BCUT2D eigenvalue weighted by Crippen LogP contribution is 2.35. The molecule has 0 aliphatic heterocycles. The smallest absolute Gasteiger partial charge is 0.339 e. The van der Waals surface area contributed by atoms with Gasteiger partial charge in [0.05, 0.1) is 0 Å². The Morgan fingerprint density at radius 1 is 1.07 bits per heavy atom. The summed E-state index contributed by atoms with van der Waals surface area (Å²) in [6.07, 6.45) is 10.9. The number of aromatic hydroxyl groups is 2. The third-order valence-electron chi connectivity index (χ3n) is 4.72. The van der Waals surface area contributed by atoms with E-state index in [1.54, 1.807) is 0 Å². The Bertz CT molecular complexity index is 695. The van der Waals surface area contributed by atoms with Gasteiger partial charge in [0.25, 0.3) is 0 Å². The van der Waals surface area contributed by atoms with E-state index in [0.717, 1.165) is 44.1 Å². The van der Waals surface area contributed by atoms with Gasteiger partial charge in [-0.1, -0.05) is 49.5 Å². The molecule has 4 nitrogen and oxygen atoms in total. The summed E-state index contributed by atoms with van der Waals surface area (Å²) in [4.78, 5) is 11.7. The van der Waals surface area contributed by atoms with Crippen molar-refractivity contribution >= 4 is 5.97 Å². The van der Waals surface area contributed by atoms with Crippen molar-refractivity contribution in [3.8, 4) is 11.5 Å². The second-order valence-corrected chi connectivity index (χ2v) is 7.45. The first-order chi connectivity index (χ1) is 12.8. The molecular formula is C23H34O4. The molecule has 0 heterocycles. The van der Waals surface area contributed by atoms with Crippen LogP contribution in [0.3, 0.4) is 0 Å². The summed E-state index contributed by atoms with van der Waals surface area (Å²) in [5.41, 5.74) is 3.13. The van der Waals surface area contributed by atoms with Crippen molar-refractivity contribution in [1.82, 2.24) is 0 Å². The molecule has 0 unspecified atom stereocenters. The number of carboxylic acid groups (broad SMARTS) is 1. The lowest BCUT2D eigenvalue weighted by molar-refractivity contribution is 0.0692. The van der Waals surface area contributed by atoms with Gasteiger partial charge >= 0.3 is 5.97 Å². The van der Waals surface area contributed by atoms with Crippen molar-refractivity contribution in [1.29, 1.82) is 0 Å². The quantitative estimate of drug-likeness (QED) is 0.320. The minimum Gasteiger partial charge on any atom is -0.508 e. The highest BCUT2D eigenvalue weighted by molar-refractivity contribution is 5.93. The van der Waals surface area contributed by atoms with E-state index in [1.807, 2.05) is 13.0 Å². The minimum atomic E-state index is -1.15. The molecule has 0 saturated carbocycles. The molecule has 1 aromatic carbocycles. The third-order valence-corrected chi connectivity index (χ3v) is 4.72. The van der Waals surface area contributed by atoms with Crippen LogP contribution in [0, 0.1) is 0 Å². The van der Waals surface area contributed by atoms with E-state index in [0.29, 0.717) is 18.4 Å². The van der Waals surface area contributed by atoms with Gasteiger partial charge in [-0.3, -0.25) is 0 Å². The highest BCUT2D eigenvalue weighted by atomic mass is 16.4. The molecule has 1 aromatic rings. The van der Waals surface area contributed by atoms with Gasteiger partial charge in [0.2, 0.25) is 0 Å². The second kappa shape index (κ2) is 11.5. The number of aryl methyl sites for hydroxylation is 1. The molecule has 0 saturated heterocycles. The zero-order valence-corrected chi connectivity index (χ0v) is 17.1. The lowest BCUT2D eigenvalue weighted by Crippen LogP contribution is -2.05. The molecule has 0 radical (unpaired) electrons. The van der Waals surface area contributed by atoms with E-state index >= 15 is 0 Å². The molecule has 0 spiro atoms. The predicted octanol–water partition coefficient (Wildman–Crippen LogP) is 6.15. The van der Waals surface area contributed by atoms with Crippen LogP contribution in [0.15, 0.2) is 29.4 Å². The number of aromatic carboxylic acids is 1. The largest absolute Gasteiger partial charge is 0.508 e. The third kappa shape index (κ3) is 7.49. The van der Waals surface area contributed by atoms with Crippen LogP contribution in [0.1, 0.15) is 87.7 Å². The monoisotopic (exact) mass is 374 g/mol. The van der Waals surface area contributed by atoms with Crippen LogP contribution in [0.5, 0.6) is 11.5 Å². The maximum absolute atomic E-state index is 11.7. The molecule has 27 heavy (non-hydrogen) atoms. The van der Waals surface area contributed by atoms with E-state index in [2.05, 4.69) is 26.8 Å². The summed E-state index contributed by atoms with van der Waals surface area (Å²) in [7, 11) is 0. The van der Waals surface area contributed by atoms with E-state index in [-0.39, 0.29) is 22.6 Å². The van der Waals surface area contributed by atoms with Gasteiger partial charge in [0.1, 0.15) is 17.1 Å². The van der Waals surface area contributed by atoms with Gasteiger partial charge in [-0.15, -0.1) is 0 Å². The van der Waals surface area contributed by atoms with Crippen molar-refractivity contribution in [2.75, 3.05) is 0 Å². The summed E-state index contributed by atoms with van der Waals surface area (Å²) in [5, 5.41) is 30.4. The summed E-state index contributed by atoms with van der Waals surface area (Å²) in [5.74, 6) is -1.49. The Hall–Kier alpha value is -2.23. The van der Waals surface area contributed by atoms with Crippen LogP contribution >= 0.6 is 0 Å². The minimum absolute atomic E-state index is 0.0312. The summed E-state index contributed by atoms with van der Waals surface area (Å²) < 4.78 is 0. The van der Waals surface area contributed by atoms with Crippen LogP contribution in [0.25, 0.3) is 0 Å². The van der Waals surface area contributed by atoms with Gasteiger partial charge < -0.3 is 15.3 Å². The maximum atomic E-state index is 11.7. The molecule has 1 rings (SSSR count). The molecule has 0 aromatic heterocycles. The van der Waals surface area contributed by atoms with Crippen LogP contribution in [-0.4, -0.2) is 21.3 Å². The second-order valence-electron chi connectivity index (χ2n) is 7.45. The Morgan fingerprint density at radius 3 is 2.37 bits per heavy atom. The van der Waals surface area contributed by atoms with E-state index in [1.165, 1.54) is 11.6 Å². The van der Waals surface area contributed by atoms with Gasteiger partial charge in [-0.05, 0) is 64.5 Å². The molecule has 150 valence electrons. The average molecular weight is 375 g/mol. The average Bonchev–Trinajstić information content (AvgIpc) is 2.57. The van der Waals surface area contributed by atoms with Gasteiger partial charge in [0, 0.05) is 5.56 Å². The molecule has 0 aliphatic rings. The molecular weight excluding hydrogens is 340 g/mol. The number of rotatable bonds is 11. The van der Waals surface area contributed by atoms with Crippen molar-refractivity contribution in [2.24, 2.45) is 0 Å². The van der Waals surface area contributed by atoms with E-state index in [4.69, 9.17) is 0 Å². The number of hydrogen-bond acceptors (Lipinski definition) is 3. The molecule has 0 amide bonds. The number of phenols is 2. The predicted molar refractivity (Wildman–Crippen MR) is 111 cm³/mol. The van der Waals surface area contributed by atoms with Gasteiger partial charge in [0.15, 0.2) is 0 Å². The first-order valence-electron chi connectivity index (χ1n) is 9.86. The lowest BCUT2D eigenvalue weighted by atomic mass is 9.94. The van der Waals surface area contributed by atoms with Gasteiger partial charge in [-0.25, -0.2) is 4.79 Å². The SMILES string of the molecule is CCCCCCc1cc(O)c(C/C=C(\C)CCC=C(C)C)c(O)c1C(=O)O. The maximum Gasteiger partial charge on any atom is 0.339 e. The molecule has 4 heteroatoms. The van der Waals surface area contributed by atoms with Crippen LogP contribution in [0.4, 0.5) is 0 Å². The molecule has 0 fully saturated rings. The number of benzene rings is 1. The lowest BCUT2D eigenvalue weighted by Gasteiger charge is -2.14. The van der Waals surface area contributed by atoms with Crippen LogP contribution in [0.2, 0.25) is 0 Å². The fourth-order valence-corrected chi connectivity index (χ4v) is 3.09. The fraction of sp³-hybridized carbons (Fsp3) is 0.522. The summed E-state index contributed by atoms with van der Waals surface area (Å²) >= 11 is 0. The van der Waals surface area contributed by atoms with Crippen molar-refractivity contribution < 1.29 is 20.1 Å². The van der Waals surface area contributed by atoms with Crippen molar-refractivity contribution in [2.45, 2.75) is 79.1 Å². The first kappa shape index (κ1) is 22.8. The van der Waals surface area contributed by atoms with E-state index < -0.39 is 5.97 Å². The standard InChI is InChI=1S/C23H34O4/c1-5-6-7-8-12-18-15-20(24)19(22(25)21(18)23(26)27)14-13-17(4)11-9-10-16(2)3/h10,13,15,24-25H,5-9,11-12,14H2,1-4H3,(H,26,27)/b17-13+. The van der Waals surface area contributed by atoms with Gasteiger partial charge in [-0.2, -0.15) is 0 Å². The Kier molecular flexibility index (Phi) is 9.70. The zero-order chi connectivity index (χ0) is 20.4. The first-order valence-corrected chi connectivity index (χ1v) is 9.86. The molecule has 0 bridgehead atoms. The number of carboxylic acids is 1. The Labute approximate surface area is 163 Å². The summed E-state index contributed by atoms with van der Waals surface area (Å²) in [6.45, 7) is 8.25. The number of hydrogen-bond donors (Lipinski definition) is 3. The highest BCUT2D eigenvalue weighted by Gasteiger charge is 2.21. The Balaban J connectivity index is 2.99. The number of allylic oxidation sites excluding steroid dienone is 4. The fourth-order valence-electron chi connectivity index (χ4n) is 3.09. The number of phenolic OH excluding ortho intramolecular Hbond substituents is 1. The molecule has 0 aliphatic carbocycles. The summed E-state index contributed by atoms with van der Waals surface area (Å²) in [6, 6.07) is 1.51.